The summed E-state index contributed by atoms with van der Waals surface area (Å²) < 4.78 is 0. The summed E-state index contributed by atoms with van der Waals surface area (Å²) in [5, 5.41) is 0. The average Bonchev–Trinajstić information content (AvgIpc) is 3.00. The third kappa shape index (κ3) is 22.9. The molecule has 0 fully saturated rings. The fourth-order valence-electron chi connectivity index (χ4n) is 5.81. The molecule has 0 spiro atoms. The molecule has 0 radical (unpaired) electrons. The maximum atomic E-state index is 4.85. The first-order valence-corrected chi connectivity index (χ1v) is 26.9. The van der Waals surface area contributed by atoms with Gasteiger partial charge in [-0.3, -0.25) is 0 Å². The van der Waals surface area contributed by atoms with Crippen molar-refractivity contribution in [1.29, 1.82) is 0 Å². The van der Waals surface area contributed by atoms with Crippen LogP contribution in [0.4, 0.5) is 0 Å². The van der Waals surface area contributed by atoms with Gasteiger partial charge in [0.25, 0.3) is 0 Å². The predicted octanol–water partition coefficient (Wildman–Crippen LogP) is 16.0. The molecule has 0 heterocycles. The van der Waals surface area contributed by atoms with Crippen LogP contribution in [0.5, 0.6) is 0 Å². The van der Waals surface area contributed by atoms with Crippen LogP contribution in [0.15, 0.2) is 0 Å². The van der Waals surface area contributed by atoms with Gasteiger partial charge in [0, 0.05) is 0 Å². The van der Waals surface area contributed by atoms with E-state index >= 15 is 0 Å². The van der Waals surface area contributed by atoms with Gasteiger partial charge in [0.2, 0.25) is 0 Å². The topological polar surface area (TPSA) is 0 Å². The molecule has 9 unspecified atom stereocenters. The number of hydrogen-bond donors (Lipinski definition) is 0. The monoisotopic (exact) mass is 778 g/mol. The zero-order valence-corrected chi connectivity index (χ0v) is 37.9. The molecular formula is C36H81Cl2P3Ru. The van der Waals surface area contributed by atoms with Gasteiger partial charge in [-0.25, -0.2) is 0 Å². The van der Waals surface area contributed by atoms with E-state index in [9.17, 15) is 0 Å². The molecule has 0 saturated carbocycles. The van der Waals surface area contributed by atoms with Gasteiger partial charge in [0.1, 0.15) is 0 Å². The molecule has 0 saturated heterocycles. The Kier molecular flexibility index (Phi) is 40.8. The van der Waals surface area contributed by atoms with E-state index in [2.05, 4.69) is 125 Å². The molecule has 0 aliphatic rings. The number of hydrogen-bond acceptors (Lipinski definition) is 0. The van der Waals surface area contributed by atoms with E-state index in [-0.39, 0.29) is 38.9 Å². The molecule has 9 atom stereocenters. The Balaban J connectivity index is -0.000000246. The van der Waals surface area contributed by atoms with Gasteiger partial charge in [-0.05, 0) is 109 Å². The fraction of sp³-hybridized carbons (Fsp3) is 1.00. The molecule has 0 aromatic carbocycles. The van der Waals surface area contributed by atoms with E-state index < -0.39 is 0 Å². The van der Waals surface area contributed by atoms with Gasteiger partial charge in [-0.1, -0.05) is 148 Å². The van der Waals surface area contributed by atoms with Gasteiger partial charge in [0.05, 0.1) is 0 Å². The molecular weight excluding hydrogens is 697 g/mol. The summed E-state index contributed by atoms with van der Waals surface area (Å²) in [6.45, 7) is 43.1. The van der Waals surface area contributed by atoms with E-state index in [4.69, 9.17) is 19.4 Å². The summed E-state index contributed by atoms with van der Waals surface area (Å²) in [5.74, 6) is 0. The summed E-state index contributed by atoms with van der Waals surface area (Å²) in [6.07, 6.45) is 12.3. The Morgan fingerprint density at radius 3 is 0.429 bits per heavy atom. The van der Waals surface area contributed by atoms with Crippen molar-refractivity contribution in [2.75, 3.05) is 0 Å². The van der Waals surface area contributed by atoms with Crippen LogP contribution in [0.1, 0.15) is 182 Å². The molecule has 0 N–H and O–H groups in total. The molecule has 262 valence electrons. The third-order valence-corrected chi connectivity index (χ3v) is 22.3. The second kappa shape index (κ2) is 33.4. The van der Waals surface area contributed by atoms with Crippen LogP contribution in [0, 0.1) is 0 Å². The molecule has 0 aliphatic carbocycles. The molecule has 0 bridgehead atoms. The Hall–Kier alpha value is 2.49. The normalized spacial score (nSPS) is 19.8. The predicted molar refractivity (Wildman–Crippen MR) is 210 cm³/mol. The Labute approximate surface area is 289 Å². The molecule has 0 aliphatic heterocycles. The van der Waals surface area contributed by atoms with E-state index in [0.29, 0.717) is 0 Å². The van der Waals surface area contributed by atoms with Crippen LogP contribution in [-0.2, 0) is 15.1 Å². The zero-order chi connectivity index (χ0) is 34.0. The molecule has 0 aromatic rings. The molecule has 0 amide bonds. The first-order chi connectivity index (χ1) is 19.6. The quantitative estimate of drug-likeness (QED) is 0.0960. The molecule has 0 nitrogen and oxygen atoms in total. The van der Waals surface area contributed by atoms with Crippen LogP contribution in [-0.4, -0.2) is 50.9 Å². The minimum absolute atomic E-state index is 0.255. The second-order valence-corrected chi connectivity index (χ2v) is 26.0. The fourth-order valence-corrected chi connectivity index (χ4v) is 17.4. The van der Waals surface area contributed by atoms with Crippen molar-refractivity contribution < 1.29 is 15.1 Å². The van der Waals surface area contributed by atoms with Crippen molar-refractivity contribution in [2.45, 2.75) is 233 Å². The van der Waals surface area contributed by atoms with E-state index in [1.54, 1.807) is 0 Å². The summed E-state index contributed by atoms with van der Waals surface area (Å²) in [7, 11) is 10.5. The van der Waals surface area contributed by atoms with Crippen molar-refractivity contribution in [3.63, 3.8) is 0 Å². The van der Waals surface area contributed by atoms with Crippen LogP contribution >= 0.6 is 43.1 Å². The summed E-state index contributed by atoms with van der Waals surface area (Å²) in [4.78, 5) is 0. The minimum atomic E-state index is -0.346. The Morgan fingerprint density at radius 2 is 0.381 bits per heavy atom. The Bertz CT molecular complexity index is 399. The second-order valence-electron chi connectivity index (χ2n) is 12.7. The maximum absolute atomic E-state index is 4.85. The molecule has 6 heteroatoms. The van der Waals surface area contributed by atoms with Gasteiger partial charge >= 0.3 is 34.5 Å². The van der Waals surface area contributed by atoms with E-state index in [1.807, 2.05) is 0 Å². The standard InChI is InChI=1S/3C12H27P.2ClH.Ru/c3*1-7-10(4)13(11(5)8-2)12(6)9-3;;;/h3*10-12H,7-9H2,1-6H3;2*1H;/q;;;;;+2/p-2. The van der Waals surface area contributed by atoms with E-state index in [0.717, 1.165) is 50.9 Å². The number of rotatable bonds is 18. The Morgan fingerprint density at radius 1 is 0.310 bits per heavy atom. The molecule has 0 rings (SSSR count). The van der Waals surface area contributed by atoms with Gasteiger partial charge < -0.3 is 0 Å². The summed E-state index contributed by atoms with van der Waals surface area (Å²) >= 11 is -0.346. The first kappa shape index (κ1) is 51.3. The van der Waals surface area contributed by atoms with Crippen LogP contribution in [0.25, 0.3) is 0 Å². The van der Waals surface area contributed by atoms with Crippen molar-refractivity contribution in [2.24, 2.45) is 0 Å². The van der Waals surface area contributed by atoms with E-state index in [1.165, 1.54) is 57.8 Å². The summed E-state index contributed by atoms with van der Waals surface area (Å²) in [6, 6.07) is 0. The van der Waals surface area contributed by atoms with Crippen LogP contribution in [0.2, 0.25) is 0 Å². The average molecular weight is 779 g/mol. The van der Waals surface area contributed by atoms with Gasteiger partial charge in [-0.2, -0.15) is 0 Å². The zero-order valence-electron chi connectivity index (χ0n) is 32.0. The third-order valence-electron chi connectivity index (χ3n) is 9.90. The SMILES string of the molecule is CCC(C)P(C(C)CC)C(C)CC.CCC(C)P(C(C)CC)C(C)CC.CCC(C)P(C(C)CC)C(C)CC.[Cl][Ru][Cl]. The van der Waals surface area contributed by atoms with Crippen molar-refractivity contribution >= 4 is 43.1 Å². The van der Waals surface area contributed by atoms with Gasteiger partial charge in [-0.15, -0.1) is 0 Å². The van der Waals surface area contributed by atoms with Crippen molar-refractivity contribution in [3.8, 4) is 0 Å². The molecule has 42 heavy (non-hydrogen) atoms. The van der Waals surface area contributed by atoms with Crippen LogP contribution in [0.3, 0.4) is 0 Å². The van der Waals surface area contributed by atoms with Crippen molar-refractivity contribution in [1.82, 2.24) is 0 Å². The first-order valence-electron chi connectivity index (χ1n) is 17.8. The number of halogens is 2. The summed E-state index contributed by atoms with van der Waals surface area (Å²) in [5.41, 5.74) is 8.62. The van der Waals surface area contributed by atoms with Crippen LogP contribution < -0.4 is 0 Å². The van der Waals surface area contributed by atoms with Crippen molar-refractivity contribution in [3.05, 3.63) is 0 Å². The molecule has 0 aromatic heterocycles. The van der Waals surface area contributed by atoms with Gasteiger partial charge in [0.15, 0.2) is 0 Å².